The van der Waals surface area contributed by atoms with Gasteiger partial charge in [-0.05, 0) is 12.5 Å². The Hall–Kier alpha value is -1.71. The monoisotopic (exact) mass is 367 g/mol. The van der Waals surface area contributed by atoms with Gasteiger partial charge in [0.1, 0.15) is 0 Å². The zero-order chi connectivity index (χ0) is 18.5. The molecule has 4 unspecified atom stereocenters. The Bertz CT molecular complexity index is 491. The van der Waals surface area contributed by atoms with Crippen molar-refractivity contribution in [2.24, 2.45) is 5.73 Å². The molecule has 0 aromatic rings. The predicted octanol–water partition coefficient (Wildman–Crippen LogP) is 1.61. The fourth-order valence-corrected chi connectivity index (χ4v) is 7.88. The summed E-state index contributed by atoms with van der Waals surface area (Å²) >= 11 is 0. The number of carbonyl (C=O) groups excluding carboxylic acids is 2. The van der Waals surface area contributed by atoms with Gasteiger partial charge in [0.2, 0.25) is 0 Å². The first-order valence-corrected chi connectivity index (χ1v) is 13.3. The van der Waals surface area contributed by atoms with Crippen LogP contribution >= 0.6 is 0 Å². The minimum absolute atomic E-state index is 0.0618. The van der Waals surface area contributed by atoms with Crippen molar-refractivity contribution in [1.29, 1.82) is 0 Å². The second-order valence-electron chi connectivity index (χ2n) is 5.69. The van der Waals surface area contributed by atoms with Crippen molar-refractivity contribution in [1.82, 2.24) is 0 Å². The fourth-order valence-electron chi connectivity index (χ4n) is 2.15. The van der Waals surface area contributed by atoms with Crippen molar-refractivity contribution in [2.45, 2.75) is 31.2 Å². The molecule has 24 heavy (non-hydrogen) atoms. The van der Waals surface area contributed by atoms with E-state index in [1.807, 2.05) is 25.2 Å². The molecule has 0 radical (unpaired) electrons. The Labute approximate surface area is 148 Å². The van der Waals surface area contributed by atoms with Crippen LogP contribution in [0.15, 0.2) is 49.6 Å². The third-order valence-corrected chi connectivity index (χ3v) is 9.27. The fraction of sp³-hybridized carbons (Fsp3) is 0.412. The van der Waals surface area contributed by atoms with Gasteiger partial charge in [-0.3, -0.25) is 0 Å². The molecule has 0 saturated carbocycles. The summed E-state index contributed by atoms with van der Waals surface area (Å²) in [5.74, 6) is -0.836. The molecule has 7 heteroatoms. The summed E-state index contributed by atoms with van der Waals surface area (Å²) in [6, 6.07) is 0. The van der Waals surface area contributed by atoms with E-state index in [2.05, 4.69) is 32.3 Å². The molecule has 0 aliphatic carbocycles. The maximum atomic E-state index is 11.3. The Morgan fingerprint density at radius 2 is 1.54 bits per heavy atom. The summed E-state index contributed by atoms with van der Waals surface area (Å²) < 4.78 is 10.3. The largest absolute Gasteiger partial charge is 0.467 e. The number of rotatable bonds is 11. The maximum Gasteiger partial charge on any atom is 0.329 e. The second kappa shape index (κ2) is 12.7. The molecular formula is C17H29NO4Si2. The van der Waals surface area contributed by atoms with Gasteiger partial charge >= 0.3 is 11.9 Å². The minimum atomic E-state index is -1.50. The highest BCUT2D eigenvalue weighted by Crippen LogP contribution is 2.19. The van der Waals surface area contributed by atoms with Crippen LogP contribution in [-0.4, -0.2) is 47.7 Å². The topological polar surface area (TPSA) is 78.6 Å². The van der Waals surface area contributed by atoms with Gasteiger partial charge in [0.05, 0.1) is 30.1 Å². The zero-order valence-electron chi connectivity index (χ0n) is 14.8. The lowest BCUT2D eigenvalue weighted by Crippen LogP contribution is -2.48. The molecule has 0 aliphatic rings. The van der Waals surface area contributed by atoms with Crippen molar-refractivity contribution in [3.8, 4) is 0 Å². The summed E-state index contributed by atoms with van der Waals surface area (Å²) in [6.45, 7) is 12.9. The summed E-state index contributed by atoms with van der Waals surface area (Å²) in [4.78, 5) is 22.5. The van der Waals surface area contributed by atoms with E-state index >= 15 is 0 Å². The second-order valence-corrected chi connectivity index (χ2v) is 11.8. The number of esters is 2. The standard InChI is InChI=1S/C17H29NO4Si2/c1-6-9-10-11-14(23(4)12-21-15(19)7-2)17(18)24(5)13-22-16(20)8-3/h6-11,14,17,23-24H,2-3,12-13,18H2,1,4-5H3/b9-6?,11-10-. The van der Waals surface area contributed by atoms with Crippen LogP contribution in [-0.2, 0) is 19.1 Å². The number of carbonyl (C=O) groups is 2. The molecular weight excluding hydrogens is 338 g/mol. The molecule has 0 saturated heterocycles. The third-order valence-electron chi connectivity index (χ3n) is 3.71. The normalized spacial score (nSPS) is 16.3. The maximum absolute atomic E-state index is 11.3. The van der Waals surface area contributed by atoms with Crippen LogP contribution in [0.25, 0.3) is 0 Å². The number of ether oxygens (including phenoxy) is 2. The highest BCUT2D eigenvalue weighted by Gasteiger charge is 2.29. The van der Waals surface area contributed by atoms with Gasteiger partial charge < -0.3 is 15.2 Å². The van der Waals surface area contributed by atoms with Crippen LogP contribution in [0.3, 0.4) is 0 Å². The van der Waals surface area contributed by atoms with Crippen LogP contribution in [0, 0.1) is 0 Å². The van der Waals surface area contributed by atoms with E-state index in [-0.39, 0.29) is 11.2 Å². The van der Waals surface area contributed by atoms with Crippen molar-refractivity contribution in [2.75, 3.05) is 12.5 Å². The lowest BCUT2D eigenvalue weighted by atomic mass is 10.3. The van der Waals surface area contributed by atoms with Crippen LogP contribution in [0.2, 0.25) is 18.6 Å². The first kappa shape index (κ1) is 22.3. The van der Waals surface area contributed by atoms with Crippen molar-refractivity contribution < 1.29 is 19.1 Å². The molecule has 0 spiro atoms. The van der Waals surface area contributed by atoms with Crippen LogP contribution in [0.5, 0.6) is 0 Å². The van der Waals surface area contributed by atoms with E-state index in [1.54, 1.807) is 0 Å². The summed E-state index contributed by atoms with van der Waals surface area (Å²) in [7, 11) is -2.97. The van der Waals surface area contributed by atoms with Gasteiger partial charge in [-0.2, -0.15) is 0 Å². The molecule has 0 amide bonds. The molecule has 0 bridgehead atoms. The lowest BCUT2D eigenvalue weighted by Gasteiger charge is -2.29. The molecule has 0 aliphatic heterocycles. The Kier molecular flexibility index (Phi) is 11.8. The van der Waals surface area contributed by atoms with Gasteiger partial charge in [-0.25, -0.2) is 9.59 Å². The smallest absolute Gasteiger partial charge is 0.329 e. The van der Waals surface area contributed by atoms with Gasteiger partial charge in [0.15, 0.2) is 0 Å². The highest BCUT2D eigenvalue weighted by molar-refractivity contribution is 6.66. The highest BCUT2D eigenvalue weighted by atomic mass is 28.3. The molecule has 0 aromatic carbocycles. The van der Waals surface area contributed by atoms with Crippen molar-refractivity contribution >= 4 is 29.5 Å². The van der Waals surface area contributed by atoms with Crippen LogP contribution in [0.4, 0.5) is 0 Å². The third kappa shape index (κ3) is 8.80. The summed E-state index contributed by atoms with van der Waals surface area (Å²) in [5, 5.41) is 0. The van der Waals surface area contributed by atoms with E-state index < -0.39 is 29.5 Å². The number of nitrogens with two attached hydrogens (primary N) is 1. The van der Waals surface area contributed by atoms with E-state index in [0.717, 1.165) is 12.2 Å². The number of allylic oxidation sites excluding steroid dienone is 3. The van der Waals surface area contributed by atoms with Gasteiger partial charge in [0, 0.05) is 17.8 Å². The summed E-state index contributed by atoms with van der Waals surface area (Å²) in [6.07, 6.45) is 11.0. The van der Waals surface area contributed by atoms with Gasteiger partial charge in [-0.1, -0.05) is 50.6 Å². The first-order valence-electron chi connectivity index (χ1n) is 8.00. The quantitative estimate of drug-likeness (QED) is 0.260. The van der Waals surface area contributed by atoms with Gasteiger partial charge in [0.25, 0.3) is 0 Å². The summed E-state index contributed by atoms with van der Waals surface area (Å²) in [5.41, 5.74) is 6.55. The Balaban J connectivity index is 4.94. The molecule has 2 N–H and O–H groups in total. The minimum Gasteiger partial charge on any atom is -0.467 e. The average Bonchev–Trinajstić information content (AvgIpc) is 2.59. The van der Waals surface area contributed by atoms with Crippen LogP contribution in [0.1, 0.15) is 6.92 Å². The average molecular weight is 368 g/mol. The van der Waals surface area contributed by atoms with Crippen molar-refractivity contribution in [3.05, 3.63) is 49.6 Å². The van der Waals surface area contributed by atoms with E-state index in [1.165, 1.54) is 0 Å². The molecule has 0 aromatic heterocycles. The van der Waals surface area contributed by atoms with Crippen molar-refractivity contribution in [3.63, 3.8) is 0 Å². The molecule has 5 nitrogen and oxygen atoms in total. The molecule has 0 fully saturated rings. The molecule has 4 atom stereocenters. The first-order chi connectivity index (χ1) is 11.4. The Morgan fingerprint density at radius 1 is 1.04 bits per heavy atom. The predicted molar refractivity (Wildman–Crippen MR) is 104 cm³/mol. The Morgan fingerprint density at radius 3 is 2.00 bits per heavy atom. The van der Waals surface area contributed by atoms with E-state index in [4.69, 9.17) is 15.2 Å². The zero-order valence-corrected chi connectivity index (χ0v) is 17.1. The molecule has 134 valence electrons. The molecule has 0 rings (SSSR count). The molecule has 0 heterocycles. The number of hydrogen-bond acceptors (Lipinski definition) is 5. The van der Waals surface area contributed by atoms with E-state index in [9.17, 15) is 9.59 Å². The van der Waals surface area contributed by atoms with Crippen LogP contribution < -0.4 is 5.73 Å². The SMILES string of the molecule is C=CC(=O)OC[SiH](C)C(N)C(/C=C\C=CC)[SiH](C)COC(=O)C=C. The lowest BCUT2D eigenvalue weighted by molar-refractivity contribution is -0.136. The number of hydrogen-bond donors (Lipinski definition) is 1. The van der Waals surface area contributed by atoms with Gasteiger partial charge in [-0.15, -0.1) is 0 Å². The van der Waals surface area contributed by atoms with E-state index in [0.29, 0.717) is 12.5 Å².